The topological polar surface area (TPSA) is 30.9 Å². The van der Waals surface area contributed by atoms with Gasteiger partial charge in [-0.25, -0.2) is 0 Å². The Labute approximate surface area is 245 Å². The van der Waals surface area contributed by atoms with Gasteiger partial charge in [-0.3, -0.25) is 4.90 Å². The van der Waals surface area contributed by atoms with Gasteiger partial charge in [0.2, 0.25) is 0 Å². The van der Waals surface area contributed by atoms with Gasteiger partial charge in [-0.2, -0.15) is 0 Å². The minimum Gasteiger partial charge on any atom is -0.373 e. The lowest BCUT2D eigenvalue weighted by molar-refractivity contribution is -0.211. The zero-order valence-corrected chi connectivity index (χ0v) is 25.8. The van der Waals surface area contributed by atoms with E-state index in [1.807, 2.05) is 0 Å². The number of benzene rings is 2. The molecule has 1 saturated carbocycles. The van der Waals surface area contributed by atoms with Crippen LogP contribution in [-0.4, -0.2) is 43.0 Å². The quantitative estimate of drug-likeness (QED) is 0.108. The Kier molecular flexibility index (Phi) is 15.9. The lowest BCUT2D eigenvalue weighted by Gasteiger charge is -2.43. The first-order chi connectivity index (χ1) is 19.7. The van der Waals surface area contributed by atoms with E-state index in [4.69, 9.17) is 14.2 Å². The number of hydrogen-bond donors (Lipinski definition) is 0. The van der Waals surface area contributed by atoms with Crippen molar-refractivity contribution in [1.29, 1.82) is 0 Å². The van der Waals surface area contributed by atoms with E-state index in [9.17, 15) is 0 Å². The van der Waals surface area contributed by atoms with Crippen molar-refractivity contribution < 1.29 is 14.2 Å². The summed E-state index contributed by atoms with van der Waals surface area (Å²) in [6.07, 6.45) is 17.2. The lowest BCUT2D eigenvalue weighted by atomic mass is 10.1. The van der Waals surface area contributed by atoms with Crippen LogP contribution in [0, 0.1) is 0 Å². The molecule has 0 aromatic heterocycles. The summed E-state index contributed by atoms with van der Waals surface area (Å²) in [5.74, 6) is 0. The average Bonchev–Trinajstić information content (AvgIpc) is 3.35. The van der Waals surface area contributed by atoms with Gasteiger partial charge in [0.05, 0.1) is 19.3 Å². The highest BCUT2D eigenvalue weighted by molar-refractivity contribution is 5.15. The normalized spacial score (nSPS) is 20.9. The van der Waals surface area contributed by atoms with Gasteiger partial charge in [0.1, 0.15) is 11.8 Å². The number of rotatable bonds is 22. The van der Waals surface area contributed by atoms with Crippen molar-refractivity contribution in [2.24, 2.45) is 0 Å². The molecule has 4 heteroatoms. The molecule has 2 aromatic carbocycles. The molecule has 2 aromatic rings. The molecule has 3 rings (SSSR count). The molecule has 3 atom stereocenters. The monoisotopic (exact) mass is 551 g/mol. The molecule has 224 valence electrons. The van der Waals surface area contributed by atoms with Crippen LogP contribution in [0.3, 0.4) is 0 Å². The van der Waals surface area contributed by atoms with Crippen molar-refractivity contribution in [3.8, 4) is 0 Å². The first-order valence-electron chi connectivity index (χ1n) is 16.3. The third-order valence-electron chi connectivity index (χ3n) is 8.47. The Bertz CT molecular complexity index is 876. The molecule has 0 N–H and O–H groups in total. The van der Waals surface area contributed by atoms with Gasteiger partial charge >= 0.3 is 0 Å². The van der Waals surface area contributed by atoms with Crippen molar-refractivity contribution in [2.45, 2.75) is 135 Å². The van der Waals surface area contributed by atoms with Crippen molar-refractivity contribution in [3.63, 3.8) is 0 Å². The minimum atomic E-state index is -0.455. The van der Waals surface area contributed by atoms with E-state index in [0.717, 1.165) is 32.4 Å². The molecule has 0 amide bonds. The van der Waals surface area contributed by atoms with Gasteiger partial charge in [-0.1, -0.05) is 139 Å². The van der Waals surface area contributed by atoms with E-state index in [2.05, 4.69) is 86.5 Å². The fourth-order valence-corrected chi connectivity index (χ4v) is 5.96. The predicted molar refractivity (Wildman–Crippen MR) is 167 cm³/mol. The summed E-state index contributed by atoms with van der Waals surface area (Å²) < 4.78 is 20.2. The van der Waals surface area contributed by atoms with E-state index < -0.39 is 5.72 Å². The van der Waals surface area contributed by atoms with Crippen LogP contribution in [-0.2, 0) is 27.4 Å². The fraction of sp³-hybridized carbons (Fsp3) is 0.667. The molecular weight excluding hydrogens is 494 g/mol. The molecule has 0 aliphatic heterocycles. The number of hydrogen-bond acceptors (Lipinski definition) is 4. The van der Waals surface area contributed by atoms with E-state index in [1.54, 1.807) is 0 Å². The second-order valence-electron chi connectivity index (χ2n) is 11.8. The van der Waals surface area contributed by atoms with Gasteiger partial charge in [0.25, 0.3) is 0 Å². The zero-order chi connectivity index (χ0) is 28.3. The lowest BCUT2D eigenvalue weighted by Crippen LogP contribution is -2.55. The van der Waals surface area contributed by atoms with Crippen molar-refractivity contribution in [3.05, 3.63) is 71.8 Å². The molecule has 0 heterocycles. The van der Waals surface area contributed by atoms with Gasteiger partial charge in [0, 0.05) is 26.0 Å². The Hall–Kier alpha value is -1.72. The maximum Gasteiger partial charge on any atom is 0.150 e. The van der Waals surface area contributed by atoms with Gasteiger partial charge in [-0.05, 0) is 31.0 Å². The maximum absolute atomic E-state index is 6.95. The predicted octanol–water partition coefficient (Wildman–Crippen LogP) is 9.32. The third kappa shape index (κ3) is 11.3. The number of ether oxygens (including phenoxy) is 3. The minimum absolute atomic E-state index is 0.0290. The van der Waals surface area contributed by atoms with Crippen LogP contribution in [0.25, 0.3) is 0 Å². The summed E-state index contributed by atoms with van der Waals surface area (Å²) >= 11 is 0. The molecule has 1 aliphatic rings. The van der Waals surface area contributed by atoms with Crippen molar-refractivity contribution >= 4 is 0 Å². The van der Waals surface area contributed by atoms with Crippen LogP contribution in [0.1, 0.15) is 115 Å². The Balaban J connectivity index is 1.68. The summed E-state index contributed by atoms with van der Waals surface area (Å²) in [7, 11) is 2.26. The molecule has 0 bridgehead atoms. The SMILES string of the molecule is CCCCCCCCCN(C)[C@@]1(OCCCCCCC)C[C@H](OCc2ccccc2)C[C@@H]1OCc1ccccc1. The zero-order valence-electron chi connectivity index (χ0n) is 25.8. The highest BCUT2D eigenvalue weighted by Gasteiger charge is 2.52. The highest BCUT2D eigenvalue weighted by Crippen LogP contribution is 2.41. The van der Waals surface area contributed by atoms with Crippen LogP contribution in [0.15, 0.2) is 60.7 Å². The molecule has 1 aliphatic carbocycles. The molecule has 1 fully saturated rings. The highest BCUT2D eigenvalue weighted by atomic mass is 16.6. The van der Waals surface area contributed by atoms with Crippen molar-refractivity contribution in [1.82, 2.24) is 4.90 Å². The fourth-order valence-electron chi connectivity index (χ4n) is 5.96. The summed E-state index contributed by atoms with van der Waals surface area (Å²) in [5, 5.41) is 0. The van der Waals surface area contributed by atoms with Gasteiger partial charge < -0.3 is 14.2 Å². The van der Waals surface area contributed by atoms with Crippen molar-refractivity contribution in [2.75, 3.05) is 20.2 Å². The number of likely N-dealkylation sites (N-methyl/N-ethyl adjacent to an activating group) is 1. The van der Waals surface area contributed by atoms with Gasteiger partial charge in [0.15, 0.2) is 0 Å². The maximum atomic E-state index is 6.95. The average molecular weight is 552 g/mol. The molecule has 0 radical (unpaired) electrons. The number of unbranched alkanes of at least 4 members (excludes halogenated alkanes) is 10. The largest absolute Gasteiger partial charge is 0.373 e. The molecule has 0 spiro atoms. The van der Waals surface area contributed by atoms with E-state index in [0.29, 0.717) is 13.2 Å². The van der Waals surface area contributed by atoms with E-state index in [-0.39, 0.29) is 12.2 Å². The van der Waals surface area contributed by atoms with Crippen LogP contribution in [0.5, 0.6) is 0 Å². The Morgan fingerprint density at radius 1 is 0.675 bits per heavy atom. The van der Waals surface area contributed by atoms with Crippen LogP contribution in [0.4, 0.5) is 0 Å². The van der Waals surface area contributed by atoms with E-state index in [1.165, 1.54) is 81.8 Å². The first kappa shape index (κ1) is 32.8. The molecule has 4 nitrogen and oxygen atoms in total. The van der Waals surface area contributed by atoms with E-state index >= 15 is 0 Å². The third-order valence-corrected chi connectivity index (χ3v) is 8.47. The number of nitrogens with zero attached hydrogens (tertiary/aromatic N) is 1. The van der Waals surface area contributed by atoms with Crippen LogP contribution < -0.4 is 0 Å². The second kappa shape index (κ2) is 19.4. The van der Waals surface area contributed by atoms with Crippen LogP contribution >= 0.6 is 0 Å². The molecular formula is C36H57NO3. The summed E-state index contributed by atoms with van der Waals surface area (Å²) in [5.41, 5.74) is 1.97. The van der Waals surface area contributed by atoms with Gasteiger partial charge in [-0.15, -0.1) is 0 Å². The second-order valence-corrected chi connectivity index (χ2v) is 11.8. The first-order valence-corrected chi connectivity index (χ1v) is 16.3. The summed E-state index contributed by atoms with van der Waals surface area (Å²) in [6.45, 7) is 7.59. The standard InChI is InChI=1S/C36H57NO3/c1-4-6-8-10-11-12-20-26-37(3)36(40-27-21-13-9-7-5-2)29-34(38-30-32-22-16-14-17-23-32)28-35(36)39-31-33-24-18-15-19-25-33/h14-19,22-25,34-35H,4-13,20-21,26-31H2,1-3H3/t34-,35+,36-/m1/s1. The van der Waals surface area contributed by atoms with Crippen LogP contribution in [0.2, 0.25) is 0 Å². The molecule has 40 heavy (non-hydrogen) atoms. The summed E-state index contributed by atoms with van der Waals surface area (Å²) in [6, 6.07) is 21.1. The molecule has 0 unspecified atom stereocenters. The molecule has 0 saturated heterocycles. The Morgan fingerprint density at radius 2 is 1.20 bits per heavy atom. The smallest absolute Gasteiger partial charge is 0.150 e. The Morgan fingerprint density at radius 3 is 1.80 bits per heavy atom. The summed E-state index contributed by atoms with van der Waals surface area (Å²) in [4.78, 5) is 2.48.